The van der Waals surface area contributed by atoms with E-state index < -0.39 is 12.0 Å². The van der Waals surface area contributed by atoms with Crippen molar-refractivity contribution in [3.63, 3.8) is 0 Å². The molecule has 1 amide bonds. The number of para-hydroxylation sites is 2. The van der Waals surface area contributed by atoms with Crippen molar-refractivity contribution in [3.05, 3.63) is 41.7 Å². The minimum Gasteiger partial charge on any atom is -0.391 e. The van der Waals surface area contributed by atoms with E-state index in [1.54, 1.807) is 0 Å². The van der Waals surface area contributed by atoms with E-state index in [2.05, 4.69) is 34.6 Å². The summed E-state index contributed by atoms with van der Waals surface area (Å²) in [5.74, 6) is 1.87. The molecular formula is C21H28N6O2. The summed E-state index contributed by atoms with van der Waals surface area (Å²) in [6, 6.07) is 7.90. The third kappa shape index (κ3) is 3.89. The molecule has 1 aliphatic carbocycles. The highest BCUT2D eigenvalue weighted by molar-refractivity contribution is 5.76. The second kappa shape index (κ2) is 7.94. The highest BCUT2D eigenvalue weighted by Crippen LogP contribution is 2.30. The van der Waals surface area contributed by atoms with Gasteiger partial charge in [0.2, 0.25) is 5.91 Å². The lowest BCUT2D eigenvalue weighted by Crippen LogP contribution is -2.30. The lowest BCUT2D eigenvalue weighted by molar-refractivity contribution is -0.117. The molecule has 0 saturated heterocycles. The Balaban J connectivity index is 1.78. The summed E-state index contributed by atoms with van der Waals surface area (Å²) >= 11 is 0. The smallest absolute Gasteiger partial charge is 0.225 e. The number of hydrogen-bond donors (Lipinski definition) is 2. The van der Waals surface area contributed by atoms with Crippen molar-refractivity contribution in [3.8, 4) is 0 Å². The van der Waals surface area contributed by atoms with Gasteiger partial charge in [-0.1, -0.05) is 38.8 Å². The van der Waals surface area contributed by atoms with Crippen LogP contribution in [0.5, 0.6) is 0 Å². The van der Waals surface area contributed by atoms with Crippen LogP contribution in [0.15, 0.2) is 24.3 Å². The van der Waals surface area contributed by atoms with Crippen molar-refractivity contribution >= 4 is 16.9 Å². The van der Waals surface area contributed by atoms with Crippen molar-refractivity contribution in [2.24, 2.45) is 5.73 Å². The molecule has 1 aliphatic rings. The second-order valence-corrected chi connectivity index (χ2v) is 8.15. The van der Waals surface area contributed by atoms with Crippen molar-refractivity contribution in [1.82, 2.24) is 24.3 Å². The normalized spacial score (nSPS) is 19.9. The molecule has 0 unspecified atom stereocenters. The van der Waals surface area contributed by atoms with E-state index in [4.69, 9.17) is 10.7 Å². The van der Waals surface area contributed by atoms with Gasteiger partial charge >= 0.3 is 0 Å². The van der Waals surface area contributed by atoms with Crippen LogP contribution in [0.4, 0.5) is 0 Å². The van der Waals surface area contributed by atoms with E-state index in [9.17, 15) is 9.90 Å². The lowest BCUT2D eigenvalue weighted by Gasteiger charge is -2.28. The van der Waals surface area contributed by atoms with Gasteiger partial charge in [0.1, 0.15) is 11.6 Å². The summed E-state index contributed by atoms with van der Waals surface area (Å²) in [7, 11) is 0. The molecule has 1 saturated carbocycles. The standard InChI is InChI=1S/C21H28N6O2/c1-13(2)21-23-14-7-3-4-8-15(14)26(21)12-20-24-19(11-18(22)29)25-27(20)16-9-5-6-10-17(16)28/h3-4,7-8,13,16-17,28H,5-6,9-12H2,1-2H3,(H2,22,29)/t16-,17-/m1/s1. The molecule has 0 aliphatic heterocycles. The average Bonchev–Trinajstić information content (AvgIpc) is 3.24. The summed E-state index contributed by atoms with van der Waals surface area (Å²) in [6.45, 7) is 4.71. The number of rotatable bonds is 6. The third-order valence-electron chi connectivity index (χ3n) is 5.59. The Morgan fingerprint density at radius 1 is 1.24 bits per heavy atom. The second-order valence-electron chi connectivity index (χ2n) is 8.15. The molecular weight excluding hydrogens is 368 g/mol. The molecule has 2 aromatic heterocycles. The molecule has 8 nitrogen and oxygen atoms in total. The van der Waals surface area contributed by atoms with Crippen molar-refractivity contribution in [2.75, 3.05) is 0 Å². The van der Waals surface area contributed by atoms with E-state index in [0.29, 0.717) is 12.4 Å². The summed E-state index contributed by atoms with van der Waals surface area (Å²) < 4.78 is 3.98. The molecule has 154 valence electrons. The quantitative estimate of drug-likeness (QED) is 0.664. The number of imidazole rings is 1. The number of nitrogens with two attached hydrogens (primary N) is 1. The van der Waals surface area contributed by atoms with Gasteiger partial charge in [0.05, 0.1) is 36.1 Å². The maximum Gasteiger partial charge on any atom is 0.225 e. The fourth-order valence-corrected chi connectivity index (χ4v) is 4.23. The largest absolute Gasteiger partial charge is 0.391 e. The number of amides is 1. The molecule has 0 spiro atoms. The van der Waals surface area contributed by atoms with Gasteiger partial charge in [-0.25, -0.2) is 14.6 Å². The first-order valence-corrected chi connectivity index (χ1v) is 10.3. The van der Waals surface area contributed by atoms with E-state index in [-0.39, 0.29) is 18.4 Å². The van der Waals surface area contributed by atoms with Crippen molar-refractivity contribution < 1.29 is 9.90 Å². The Morgan fingerprint density at radius 3 is 2.72 bits per heavy atom. The third-order valence-corrected chi connectivity index (χ3v) is 5.59. The highest BCUT2D eigenvalue weighted by Gasteiger charge is 2.29. The van der Waals surface area contributed by atoms with Gasteiger partial charge in [-0.05, 0) is 25.0 Å². The summed E-state index contributed by atoms with van der Waals surface area (Å²) in [6.07, 6.45) is 3.17. The van der Waals surface area contributed by atoms with E-state index in [1.807, 2.05) is 22.9 Å². The predicted molar refractivity (Wildman–Crippen MR) is 109 cm³/mol. The average molecular weight is 396 g/mol. The van der Waals surface area contributed by atoms with Gasteiger partial charge in [0.25, 0.3) is 0 Å². The number of benzene rings is 1. The number of aromatic nitrogens is 5. The number of carbonyl (C=O) groups excluding carboxylic acids is 1. The van der Waals surface area contributed by atoms with Gasteiger partial charge < -0.3 is 15.4 Å². The van der Waals surface area contributed by atoms with Gasteiger partial charge in [0.15, 0.2) is 5.82 Å². The minimum absolute atomic E-state index is 0.00940. The van der Waals surface area contributed by atoms with Gasteiger partial charge in [0, 0.05) is 5.92 Å². The summed E-state index contributed by atoms with van der Waals surface area (Å²) in [4.78, 5) is 20.9. The van der Waals surface area contributed by atoms with Crippen LogP contribution in [0.25, 0.3) is 11.0 Å². The lowest BCUT2D eigenvalue weighted by atomic mass is 9.93. The molecule has 2 heterocycles. The Kier molecular flexibility index (Phi) is 5.36. The van der Waals surface area contributed by atoms with Gasteiger partial charge in [-0.3, -0.25) is 4.79 Å². The fourth-order valence-electron chi connectivity index (χ4n) is 4.23. The first-order valence-electron chi connectivity index (χ1n) is 10.3. The van der Waals surface area contributed by atoms with E-state index in [0.717, 1.165) is 48.4 Å². The number of aliphatic hydroxyl groups excluding tert-OH is 1. The van der Waals surface area contributed by atoms with Crippen molar-refractivity contribution in [2.45, 2.75) is 70.6 Å². The zero-order valence-corrected chi connectivity index (χ0v) is 17.0. The monoisotopic (exact) mass is 396 g/mol. The van der Waals surface area contributed by atoms with Crippen molar-refractivity contribution in [1.29, 1.82) is 0 Å². The molecule has 0 radical (unpaired) electrons. The van der Waals surface area contributed by atoms with Crippen LogP contribution < -0.4 is 5.73 Å². The maximum atomic E-state index is 11.4. The van der Waals surface area contributed by atoms with Crippen LogP contribution in [0.2, 0.25) is 0 Å². The van der Waals surface area contributed by atoms with Crippen LogP contribution in [0.3, 0.4) is 0 Å². The van der Waals surface area contributed by atoms with Crippen LogP contribution in [-0.2, 0) is 17.8 Å². The van der Waals surface area contributed by atoms with E-state index in [1.165, 1.54) is 0 Å². The van der Waals surface area contributed by atoms with Gasteiger partial charge in [-0.15, -0.1) is 0 Å². The Hall–Kier alpha value is -2.74. The molecule has 1 fully saturated rings. The summed E-state index contributed by atoms with van der Waals surface area (Å²) in [5, 5.41) is 15.1. The number of primary amides is 1. The predicted octanol–water partition coefficient (Wildman–Crippen LogP) is 2.30. The number of hydrogen-bond acceptors (Lipinski definition) is 5. The SMILES string of the molecule is CC(C)c1nc2ccccc2n1Cc1nc(CC(N)=O)nn1[C@@H]1CCCC[C@H]1O. The number of fused-ring (bicyclic) bond motifs is 1. The van der Waals surface area contributed by atoms with Crippen LogP contribution in [0.1, 0.15) is 69.0 Å². The fraction of sp³-hybridized carbons (Fsp3) is 0.524. The van der Waals surface area contributed by atoms with E-state index >= 15 is 0 Å². The van der Waals surface area contributed by atoms with Gasteiger partial charge in [-0.2, -0.15) is 5.10 Å². The Labute approximate surface area is 169 Å². The Bertz CT molecular complexity index is 1020. The zero-order chi connectivity index (χ0) is 20.5. The molecule has 2 atom stereocenters. The minimum atomic E-state index is -0.464. The molecule has 4 rings (SSSR count). The van der Waals surface area contributed by atoms with Crippen LogP contribution >= 0.6 is 0 Å². The number of aliphatic hydroxyl groups is 1. The molecule has 29 heavy (non-hydrogen) atoms. The molecule has 0 bridgehead atoms. The van der Waals surface area contributed by atoms with Crippen LogP contribution in [0, 0.1) is 0 Å². The number of nitrogens with zero attached hydrogens (tertiary/aromatic N) is 5. The first-order chi connectivity index (χ1) is 13.9. The number of carbonyl (C=O) groups is 1. The molecule has 3 N–H and O–H groups in total. The summed E-state index contributed by atoms with van der Waals surface area (Å²) in [5.41, 5.74) is 7.35. The Morgan fingerprint density at radius 2 is 2.00 bits per heavy atom. The first kappa shape index (κ1) is 19.6. The topological polar surface area (TPSA) is 112 Å². The molecule has 8 heteroatoms. The van der Waals surface area contributed by atoms with Crippen LogP contribution in [-0.4, -0.2) is 41.4 Å². The molecule has 1 aromatic carbocycles. The highest BCUT2D eigenvalue weighted by atomic mass is 16.3. The maximum absolute atomic E-state index is 11.4. The molecule has 3 aromatic rings. The zero-order valence-electron chi connectivity index (χ0n) is 17.0.